The van der Waals surface area contributed by atoms with Crippen molar-refractivity contribution in [2.24, 2.45) is 0 Å². The molecule has 0 fully saturated rings. The molecule has 0 unspecified atom stereocenters. The first-order valence-electron chi connectivity index (χ1n) is 10.4. The number of aliphatic hydroxyl groups is 2. The minimum Gasteiger partial charge on any atom is -0.481 e. The Labute approximate surface area is 183 Å². The van der Waals surface area contributed by atoms with Gasteiger partial charge >= 0.3 is 5.97 Å². The van der Waals surface area contributed by atoms with Crippen LogP contribution in [0, 0.1) is 24.6 Å². The Morgan fingerprint density at radius 3 is 2.16 bits per heavy atom. The van der Waals surface area contributed by atoms with Gasteiger partial charge in [0, 0.05) is 17.7 Å². The molecule has 2 atom stereocenters. The van der Waals surface area contributed by atoms with Crippen LogP contribution in [-0.4, -0.2) is 38.5 Å². The Balaban J connectivity index is 2.63. The van der Waals surface area contributed by atoms with Crippen LogP contribution < -0.4 is 0 Å². The maximum absolute atomic E-state index is 13.5. The van der Waals surface area contributed by atoms with Crippen LogP contribution in [0.4, 0.5) is 4.39 Å². The summed E-state index contributed by atoms with van der Waals surface area (Å²) in [6.07, 6.45) is -3.01. The zero-order valence-electron chi connectivity index (χ0n) is 18.6. The highest BCUT2D eigenvalue weighted by atomic mass is 19.1. The average Bonchev–Trinajstić information content (AvgIpc) is 2.65. The highest BCUT2D eigenvalue weighted by Gasteiger charge is 2.21. The van der Waals surface area contributed by atoms with Gasteiger partial charge in [-0.15, -0.1) is 0 Å². The van der Waals surface area contributed by atoms with Gasteiger partial charge < -0.3 is 15.3 Å². The lowest BCUT2D eigenvalue weighted by molar-refractivity contribution is -0.139. The van der Waals surface area contributed by atoms with Gasteiger partial charge in [0.05, 0.1) is 23.8 Å². The summed E-state index contributed by atoms with van der Waals surface area (Å²) >= 11 is 0. The van der Waals surface area contributed by atoms with Gasteiger partial charge in [0.1, 0.15) is 11.9 Å². The van der Waals surface area contributed by atoms with Gasteiger partial charge in [0.15, 0.2) is 0 Å². The number of pyridine rings is 1. The lowest BCUT2D eigenvalue weighted by Crippen LogP contribution is -2.19. The summed E-state index contributed by atoms with van der Waals surface area (Å²) in [5, 5.41) is 28.8. The van der Waals surface area contributed by atoms with Gasteiger partial charge in [-0.2, -0.15) is 0 Å². The predicted octanol–water partition coefficient (Wildman–Crippen LogP) is 4.38. The number of carboxylic acid groups (broad SMARTS) is 1. The molecule has 0 spiro atoms. The van der Waals surface area contributed by atoms with Crippen molar-refractivity contribution >= 4 is 5.97 Å². The highest BCUT2D eigenvalue weighted by molar-refractivity contribution is 5.76. The van der Waals surface area contributed by atoms with Crippen molar-refractivity contribution in [3.63, 3.8) is 0 Å². The van der Waals surface area contributed by atoms with Gasteiger partial charge in [-0.1, -0.05) is 51.7 Å². The third-order valence-electron chi connectivity index (χ3n) is 5.00. The molecular weight excluding hydrogens is 397 g/mol. The number of carbonyl (C=O) groups is 1. The fourth-order valence-corrected chi connectivity index (χ4v) is 3.55. The molecule has 6 heteroatoms. The average molecular weight is 428 g/mol. The molecular formula is C25H30FNO4. The monoisotopic (exact) mass is 427 g/mol. The first kappa shape index (κ1) is 24.5. The van der Waals surface area contributed by atoms with E-state index in [1.807, 2.05) is 20.8 Å². The molecule has 0 aliphatic carbocycles. The van der Waals surface area contributed by atoms with Crippen molar-refractivity contribution in [3.8, 4) is 23.0 Å². The standard InChI is InChI=1S/C25H30FNO4/c1-14(2)24-16(5)23(17-6-8-18(26)9-7-17)21(25(27-24)15(3)4)11-10-19(28)12-20(29)13-22(30)31/h6-9,14-15,19-20,28-29H,12-13H2,1-5H3,(H,30,31)/t19-,20-/m1/s1. The smallest absolute Gasteiger partial charge is 0.305 e. The summed E-state index contributed by atoms with van der Waals surface area (Å²) in [5.74, 6) is 4.51. The van der Waals surface area contributed by atoms with Crippen LogP contribution in [0.3, 0.4) is 0 Å². The molecule has 1 aromatic heterocycles. The van der Waals surface area contributed by atoms with Crippen molar-refractivity contribution in [1.29, 1.82) is 0 Å². The number of hydrogen-bond donors (Lipinski definition) is 3. The summed E-state index contributed by atoms with van der Waals surface area (Å²) in [4.78, 5) is 15.6. The van der Waals surface area contributed by atoms with Crippen LogP contribution in [-0.2, 0) is 4.79 Å². The van der Waals surface area contributed by atoms with E-state index in [0.29, 0.717) is 5.56 Å². The number of hydrogen-bond acceptors (Lipinski definition) is 4. The number of nitrogens with zero attached hydrogens (tertiary/aromatic N) is 1. The number of carboxylic acids is 1. The molecule has 2 rings (SSSR count). The van der Waals surface area contributed by atoms with E-state index >= 15 is 0 Å². The summed E-state index contributed by atoms with van der Waals surface area (Å²) in [6, 6.07) is 6.19. The molecule has 0 amide bonds. The number of rotatable bonds is 7. The number of aliphatic carboxylic acids is 1. The van der Waals surface area contributed by atoms with E-state index in [9.17, 15) is 19.4 Å². The predicted molar refractivity (Wildman–Crippen MR) is 118 cm³/mol. The third kappa shape index (κ3) is 6.36. The van der Waals surface area contributed by atoms with E-state index in [4.69, 9.17) is 10.1 Å². The van der Waals surface area contributed by atoms with E-state index in [-0.39, 0.29) is 24.1 Å². The lowest BCUT2D eigenvalue weighted by atomic mass is 9.88. The van der Waals surface area contributed by atoms with Crippen molar-refractivity contribution in [2.45, 2.75) is 71.5 Å². The third-order valence-corrected chi connectivity index (χ3v) is 5.00. The molecule has 3 N–H and O–H groups in total. The minimum atomic E-state index is -1.19. The molecule has 0 saturated carbocycles. The lowest BCUT2D eigenvalue weighted by Gasteiger charge is -2.21. The van der Waals surface area contributed by atoms with E-state index in [1.54, 1.807) is 12.1 Å². The van der Waals surface area contributed by atoms with Crippen LogP contribution in [0.5, 0.6) is 0 Å². The molecule has 31 heavy (non-hydrogen) atoms. The Hall–Kier alpha value is -2.75. The molecule has 5 nitrogen and oxygen atoms in total. The molecule has 0 aliphatic heterocycles. The van der Waals surface area contributed by atoms with E-state index in [2.05, 4.69) is 25.7 Å². The van der Waals surface area contributed by atoms with Gasteiger partial charge in [0.2, 0.25) is 0 Å². The number of benzene rings is 1. The topological polar surface area (TPSA) is 90.7 Å². The van der Waals surface area contributed by atoms with Crippen LogP contribution in [0.25, 0.3) is 11.1 Å². The number of halogens is 1. The molecule has 1 heterocycles. The summed E-state index contributed by atoms with van der Waals surface area (Å²) in [6.45, 7) is 10.1. The van der Waals surface area contributed by atoms with Gasteiger partial charge in [-0.05, 0) is 42.0 Å². The number of aliphatic hydroxyl groups excluding tert-OH is 2. The highest BCUT2D eigenvalue weighted by Crippen LogP contribution is 2.35. The van der Waals surface area contributed by atoms with Crippen molar-refractivity contribution in [3.05, 3.63) is 52.6 Å². The molecule has 0 radical (unpaired) electrons. The Morgan fingerprint density at radius 1 is 1.06 bits per heavy atom. The zero-order chi connectivity index (χ0) is 23.3. The van der Waals surface area contributed by atoms with Gasteiger partial charge in [0.25, 0.3) is 0 Å². The zero-order valence-corrected chi connectivity index (χ0v) is 18.6. The minimum absolute atomic E-state index is 0.0522. The van der Waals surface area contributed by atoms with Crippen LogP contribution in [0.15, 0.2) is 24.3 Å². The Morgan fingerprint density at radius 2 is 1.65 bits per heavy atom. The molecule has 2 aromatic rings. The maximum atomic E-state index is 13.5. The van der Waals surface area contributed by atoms with Crippen molar-refractivity contribution < 1.29 is 24.5 Å². The van der Waals surface area contributed by atoms with Crippen molar-refractivity contribution in [1.82, 2.24) is 4.98 Å². The normalized spacial score (nSPS) is 13.1. The molecule has 0 aliphatic rings. The summed E-state index contributed by atoms with van der Waals surface area (Å²) in [7, 11) is 0. The fraction of sp³-hybridized carbons (Fsp3) is 0.440. The van der Waals surface area contributed by atoms with E-state index in [1.165, 1.54) is 12.1 Å². The number of aromatic nitrogens is 1. The largest absolute Gasteiger partial charge is 0.481 e. The molecule has 0 bridgehead atoms. The summed E-state index contributed by atoms with van der Waals surface area (Å²) in [5.41, 5.74) is 4.94. The molecule has 1 aromatic carbocycles. The SMILES string of the molecule is Cc1c(C(C)C)nc(C(C)C)c(C#C[C@@H](O)C[C@@H](O)CC(=O)O)c1-c1ccc(F)cc1. The second kappa shape index (κ2) is 10.5. The van der Waals surface area contributed by atoms with E-state index < -0.39 is 24.6 Å². The first-order chi connectivity index (χ1) is 14.5. The van der Waals surface area contributed by atoms with Gasteiger partial charge in [-0.3, -0.25) is 9.78 Å². The van der Waals surface area contributed by atoms with Crippen LogP contribution in [0.1, 0.15) is 74.9 Å². The fourth-order valence-electron chi connectivity index (χ4n) is 3.55. The molecule has 0 saturated heterocycles. The Bertz CT molecular complexity index is 987. The quantitative estimate of drug-likeness (QED) is 0.571. The second-order valence-corrected chi connectivity index (χ2v) is 8.35. The second-order valence-electron chi connectivity index (χ2n) is 8.35. The Kier molecular flexibility index (Phi) is 8.32. The first-order valence-corrected chi connectivity index (χ1v) is 10.4. The van der Waals surface area contributed by atoms with Gasteiger partial charge in [-0.25, -0.2) is 4.39 Å². The van der Waals surface area contributed by atoms with Crippen molar-refractivity contribution in [2.75, 3.05) is 0 Å². The molecule has 166 valence electrons. The van der Waals surface area contributed by atoms with Crippen LogP contribution >= 0.6 is 0 Å². The maximum Gasteiger partial charge on any atom is 0.305 e. The van der Waals surface area contributed by atoms with E-state index in [0.717, 1.165) is 28.1 Å². The summed E-state index contributed by atoms with van der Waals surface area (Å²) < 4.78 is 13.5. The van der Waals surface area contributed by atoms with Crippen LogP contribution in [0.2, 0.25) is 0 Å².